The van der Waals surface area contributed by atoms with Crippen LogP contribution in [-0.4, -0.2) is 0 Å². The highest BCUT2D eigenvalue weighted by atomic mass is 19.2. The standard InChI is InChI=1S/C14H11F3/c1-9-2-4-10(5-3-9)6-11-7-12(15)14(17)13(16)8-11/h2-5,7-8H,6H2,1H3. The molecule has 0 amide bonds. The summed E-state index contributed by atoms with van der Waals surface area (Å²) in [6, 6.07) is 9.66. The molecule has 0 N–H and O–H groups in total. The van der Waals surface area contributed by atoms with E-state index in [2.05, 4.69) is 0 Å². The van der Waals surface area contributed by atoms with Crippen LogP contribution in [0.5, 0.6) is 0 Å². The number of hydrogen-bond acceptors (Lipinski definition) is 0. The second kappa shape index (κ2) is 4.62. The third kappa shape index (κ3) is 2.67. The van der Waals surface area contributed by atoms with Crippen molar-refractivity contribution < 1.29 is 13.2 Å². The number of hydrogen-bond donors (Lipinski definition) is 0. The Morgan fingerprint density at radius 2 is 1.35 bits per heavy atom. The number of benzene rings is 2. The first kappa shape index (κ1) is 11.7. The molecule has 0 radical (unpaired) electrons. The van der Waals surface area contributed by atoms with E-state index in [1.807, 2.05) is 31.2 Å². The lowest BCUT2D eigenvalue weighted by Crippen LogP contribution is -1.96. The predicted octanol–water partition coefficient (Wildman–Crippen LogP) is 4.00. The maximum Gasteiger partial charge on any atom is 0.194 e. The van der Waals surface area contributed by atoms with Gasteiger partial charge in [-0.15, -0.1) is 0 Å². The van der Waals surface area contributed by atoms with Gasteiger partial charge in [0.1, 0.15) is 0 Å². The maximum absolute atomic E-state index is 13.0. The fraction of sp³-hybridized carbons (Fsp3) is 0.143. The minimum absolute atomic E-state index is 0.383. The highest BCUT2D eigenvalue weighted by molar-refractivity contribution is 5.29. The zero-order valence-corrected chi connectivity index (χ0v) is 9.31. The van der Waals surface area contributed by atoms with E-state index in [1.165, 1.54) is 0 Å². The predicted molar refractivity (Wildman–Crippen MR) is 60.3 cm³/mol. The van der Waals surface area contributed by atoms with E-state index in [-0.39, 0.29) is 0 Å². The summed E-state index contributed by atoms with van der Waals surface area (Å²) in [5.74, 6) is -3.71. The molecule has 2 aromatic rings. The van der Waals surface area contributed by atoms with Crippen molar-refractivity contribution in [1.82, 2.24) is 0 Å². The molecule has 0 spiro atoms. The minimum Gasteiger partial charge on any atom is -0.204 e. The molecule has 0 fully saturated rings. The summed E-state index contributed by atoms with van der Waals surface area (Å²) in [5, 5.41) is 0. The fourth-order valence-electron chi connectivity index (χ4n) is 1.65. The summed E-state index contributed by atoms with van der Waals surface area (Å²) >= 11 is 0. The van der Waals surface area contributed by atoms with E-state index in [4.69, 9.17) is 0 Å². The Bertz CT molecular complexity index is 507. The summed E-state index contributed by atoms with van der Waals surface area (Å²) in [6.45, 7) is 1.96. The third-order valence-corrected chi connectivity index (χ3v) is 2.57. The zero-order valence-electron chi connectivity index (χ0n) is 9.31. The summed E-state index contributed by atoms with van der Waals surface area (Å²) in [5.41, 5.74) is 2.47. The third-order valence-electron chi connectivity index (χ3n) is 2.57. The van der Waals surface area contributed by atoms with Gasteiger partial charge in [0.05, 0.1) is 0 Å². The largest absolute Gasteiger partial charge is 0.204 e. The van der Waals surface area contributed by atoms with Crippen LogP contribution in [0.4, 0.5) is 13.2 Å². The van der Waals surface area contributed by atoms with Crippen molar-refractivity contribution in [3.63, 3.8) is 0 Å². The van der Waals surface area contributed by atoms with E-state index in [1.54, 1.807) is 0 Å². The van der Waals surface area contributed by atoms with Crippen LogP contribution in [0.2, 0.25) is 0 Å². The van der Waals surface area contributed by atoms with E-state index in [0.717, 1.165) is 23.3 Å². The highest BCUT2D eigenvalue weighted by Gasteiger charge is 2.10. The lowest BCUT2D eigenvalue weighted by Gasteiger charge is -2.04. The Hall–Kier alpha value is -1.77. The van der Waals surface area contributed by atoms with Gasteiger partial charge in [-0.2, -0.15) is 0 Å². The van der Waals surface area contributed by atoms with Gasteiger partial charge in [-0.1, -0.05) is 29.8 Å². The van der Waals surface area contributed by atoms with Gasteiger partial charge in [0, 0.05) is 0 Å². The van der Waals surface area contributed by atoms with E-state index >= 15 is 0 Å². The van der Waals surface area contributed by atoms with Crippen LogP contribution >= 0.6 is 0 Å². The average molecular weight is 236 g/mol. The Morgan fingerprint density at radius 3 is 1.88 bits per heavy atom. The lowest BCUT2D eigenvalue weighted by atomic mass is 10.0. The molecule has 0 saturated heterocycles. The molecule has 0 aliphatic heterocycles. The Labute approximate surface area is 97.7 Å². The average Bonchev–Trinajstić information content (AvgIpc) is 2.29. The minimum atomic E-state index is -1.42. The Kier molecular flexibility index (Phi) is 3.18. The van der Waals surface area contributed by atoms with Gasteiger partial charge in [0.2, 0.25) is 0 Å². The van der Waals surface area contributed by atoms with Crippen molar-refractivity contribution in [3.8, 4) is 0 Å². The number of aryl methyl sites for hydroxylation is 1. The van der Waals surface area contributed by atoms with E-state index in [9.17, 15) is 13.2 Å². The lowest BCUT2D eigenvalue weighted by molar-refractivity contribution is 0.445. The van der Waals surface area contributed by atoms with Crippen molar-refractivity contribution >= 4 is 0 Å². The fourth-order valence-corrected chi connectivity index (χ4v) is 1.65. The smallest absolute Gasteiger partial charge is 0.194 e. The van der Waals surface area contributed by atoms with E-state index in [0.29, 0.717) is 12.0 Å². The Morgan fingerprint density at radius 1 is 0.824 bits per heavy atom. The molecule has 17 heavy (non-hydrogen) atoms. The van der Waals surface area contributed by atoms with Crippen LogP contribution in [0.25, 0.3) is 0 Å². The molecule has 2 aromatic carbocycles. The van der Waals surface area contributed by atoms with Gasteiger partial charge < -0.3 is 0 Å². The van der Waals surface area contributed by atoms with Crippen molar-refractivity contribution in [3.05, 3.63) is 70.5 Å². The van der Waals surface area contributed by atoms with Crippen molar-refractivity contribution in [2.75, 3.05) is 0 Å². The van der Waals surface area contributed by atoms with Crippen LogP contribution in [-0.2, 0) is 6.42 Å². The summed E-state index contributed by atoms with van der Waals surface area (Å²) < 4.78 is 38.7. The van der Waals surface area contributed by atoms with Crippen molar-refractivity contribution in [1.29, 1.82) is 0 Å². The highest BCUT2D eigenvalue weighted by Crippen LogP contribution is 2.17. The first-order valence-corrected chi connectivity index (χ1v) is 5.25. The molecule has 3 heteroatoms. The first-order chi connectivity index (χ1) is 8.06. The first-order valence-electron chi connectivity index (χ1n) is 5.25. The molecule has 2 rings (SSSR count). The van der Waals surface area contributed by atoms with Crippen LogP contribution < -0.4 is 0 Å². The monoisotopic (exact) mass is 236 g/mol. The summed E-state index contributed by atoms with van der Waals surface area (Å²) in [4.78, 5) is 0. The molecule has 0 heterocycles. The molecule has 0 atom stereocenters. The molecule has 0 bridgehead atoms. The molecule has 88 valence electrons. The summed E-state index contributed by atoms with van der Waals surface area (Å²) in [7, 11) is 0. The van der Waals surface area contributed by atoms with Gasteiger partial charge >= 0.3 is 0 Å². The van der Waals surface area contributed by atoms with Crippen LogP contribution in [0.1, 0.15) is 16.7 Å². The second-order valence-electron chi connectivity index (χ2n) is 4.04. The normalized spacial score (nSPS) is 10.6. The number of rotatable bonds is 2. The van der Waals surface area contributed by atoms with Gasteiger partial charge in [-0.05, 0) is 36.6 Å². The maximum atomic E-state index is 13.0. The molecule has 0 aromatic heterocycles. The molecule has 0 nitrogen and oxygen atoms in total. The van der Waals surface area contributed by atoms with Crippen LogP contribution in [0.3, 0.4) is 0 Å². The summed E-state index contributed by atoms with van der Waals surface area (Å²) in [6.07, 6.45) is 0.383. The van der Waals surface area contributed by atoms with Gasteiger partial charge in [0.15, 0.2) is 17.5 Å². The SMILES string of the molecule is Cc1ccc(Cc2cc(F)c(F)c(F)c2)cc1. The van der Waals surface area contributed by atoms with Crippen LogP contribution in [0.15, 0.2) is 36.4 Å². The van der Waals surface area contributed by atoms with Crippen molar-refractivity contribution in [2.45, 2.75) is 13.3 Å². The molecule has 0 aliphatic carbocycles. The molecule has 0 unspecified atom stereocenters. The molecular weight excluding hydrogens is 225 g/mol. The zero-order chi connectivity index (χ0) is 12.4. The topological polar surface area (TPSA) is 0 Å². The Balaban J connectivity index is 2.27. The van der Waals surface area contributed by atoms with E-state index < -0.39 is 17.5 Å². The van der Waals surface area contributed by atoms with Gasteiger partial charge in [-0.3, -0.25) is 0 Å². The second-order valence-corrected chi connectivity index (χ2v) is 4.04. The number of halogens is 3. The quantitative estimate of drug-likeness (QED) is 0.691. The van der Waals surface area contributed by atoms with Gasteiger partial charge in [0.25, 0.3) is 0 Å². The molecule has 0 saturated carbocycles. The van der Waals surface area contributed by atoms with Crippen LogP contribution in [0, 0.1) is 24.4 Å². The molecular formula is C14H11F3. The molecule has 0 aliphatic rings. The van der Waals surface area contributed by atoms with Gasteiger partial charge in [-0.25, -0.2) is 13.2 Å². The van der Waals surface area contributed by atoms with Crippen molar-refractivity contribution in [2.24, 2.45) is 0 Å².